The molecule has 2 aliphatic rings. The lowest BCUT2D eigenvalue weighted by Gasteiger charge is -2.20. The van der Waals surface area contributed by atoms with Gasteiger partial charge in [-0.15, -0.1) is 10.1 Å². The van der Waals surface area contributed by atoms with Crippen molar-refractivity contribution < 1.29 is 48.0 Å². The highest BCUT2D eigenvalue weighted by molar-refractivity contribution is 8.76. The molecule has 0 aromatic heterocycles. The summed E-state index contributed by atoms with van der Waals surface area (Å²) in [6, 6.07) is -2.18. The molecule has 0 saturated carbocycles. The zero-order valence-corrected chi connectivity index (χ0v) is 21.2. The van der Waals surface area contributed by atoms with Crippen LogP contribution < -0.4 is 10.6 Å². The van der Waals surface area contributed by atoms with Gasteiger partial charge in [-0.25, -0.2) is 9.59 Å². The molecule has 2 saturated heterocycles. The van der Waals surface area contributed by atoms with Crippen molar-refractivity contribution >= 4 is 69.0 Å². The Morgan fingerprint density at radius 1 is 0.694 bits per heavy atom. The number of amides is 6. The Kier molecular flexibility index (Phi) is 11.2. The van der Waals surface area contributed by atoms with E-state index in [4.69, 9.17) is 9.68 Å². The lowest BCUT2D eigenvalue weighted by Crippen LogP contribution is -2.45. The van der Waals surface area contributed by atoms with Crippen LogP contribution in [0.5, 0.6) is 0 Å². The molecule has 16 heteroatoms. The van der Waals surface area contributed by atoms with Crippen LogP contribution in [0.4, 0.5) is 0 Å². The first-order valence-electron chi connectivity index (χ1n) is 10.9. The van der Waals surface area contributed by atoms with E-state index in [0.29, 0.717) is 21.6 Å². The predicted octanol–water partition coefficient (Wildman–Crippen LogP) is -0.628. The second kappa shape index (κ2) is 13.8. The SMILES string of the molecule is CC(=O)NC(CCSSCCC(NC(C)=O)C(=O)ON1C(=O)CCC1=O)C(=O)ON1C(=O)CCC1=O. The van der Waals surface area contributed by atoms with E-state index < -0.39 is 59.5 Å². The minimum Gasteiger partial charge on any atom is -0.343 e. The molecular weight excluding hydrogens is 520 g/mol. The van der Waals surface area contributed by atoms with Gasteiger partial charge in [-0.2, -0.15) is 0 Å². The average molecular weight is 547 g/mol. The van der Waals surface area contributed by atoms with E-state index in [9.17, 15) is 38.4 Å². The zero-order chi connectivity index (χ0) is 26.8. The van der Waals surface area contributed by atoms with E-state index in [1.807, 2.05) is 0 Å². The maximum atomic E-state index is 12.4. The van der Waals surface area contributed by atoms with Crippen LogP contribution in [-0.4, -0.2) is 81.1 Å². The molecule has 2 rings (SSSR count). The van der Waals surface area contributed by atoms with Crippen LogP contribution in [0, 0.1) is 0 Å². The summed E-state index contributed by atoms with van der Waals surface area (Å²) in [6.45, 7) is 2.41. The van der Waals surface area contributed by atoms with Gasteiger partial charge in [0.25, 0.3) is 23.6 Å². The van der Waals surface area contributed by atoms with Crippen LogP contribution in [0.3, 0.4) is 0 Å². The first-order chi connectivity index (χ1) is 17.0. The number of imide groups is 2. The first-order valence-corrected chi connectivity index (χ1v) is 13.4. The first kappa shape index (κ1) is 29.1. The molecule has 2 atom stereocenters. The van der Waals surface area contributed by atoms with Crippen LogP contribution >= 0.6 is 21.6 Å². The van der Waals surface area contributed by atoms with Crippen molar-refractivity contribution in [2.24, 2.45) is 0 Å². The Labute approximate surface area is 213 Å². The number of nitrogens with zero attached hydrogens (tertiary/aromatic N) is 2. The van der Waals surface area contributed by atoms with Crippen LogP contribution in [0.25, 0.3) is 0 Å². The number of rotatable bonds is 13. The van der Waals surface area contributed by atoms with Gasteiger partial charge in [0.1, 0.15) is 12.1 Å². The van der Waals surface area contributed by atoms with Gasteiger partial charge in [0.15, 0.2) is 0 Å². The molecular formula is C20H26N4O10S2. The van der Waals surface area contributed by atoms with Crippen molar-refractivity contribution in [3.63, 3.8) is 0 Å². The zero-order valence-electron chi connectivity index (χ0n) is 19.6. The Hall–Kier alpha value is -3.14. The van der Waals surface area contributed by atoms with Crippen LogP contribution in [0.1, 0.15) is 52.4 Å². The van der Waals surface area contributed by atoms with Crippen molar-refractivity contribution in [3.8, 4) is 0 Å². The molecule has 0 aliphatic carbocycles. The second-order valence-corrected chi connectivity index (χ2v) is 10.4. The number of nitrogens with one attached hydrogen (secondary N) is 2. The fourth-order valence-electron chi connectivity index (χ4n) is 3.06. The molecule has 2 heterocycles. The summed E-state index contributed by atoms with van der Waals surface area (Å²) in [4.78, 5) is 104. The molecule has 2 aliphatic heterocycles. The molecule has 0 aromatic rings. The Morgan fingerprint density at radius 3 is 1.28 bits per heavy atom. The number of carbonyl (C=O) groups is 8. The molecule has 36 heavy (non-hydrogen) atoms. The second-order valence-electron chi connectivity index (χ2n) is 7.71. The van der Waals surface area contributed by atoms with Crippen molar-refractivity contribution in [1.29, 1.82) is 0 Å². The van der Waals surface area contributed by atoms with Gasteiger partial charge in [-0.05, 0) is 12.8 Å². The monoisotopic (exact) mass is 546 g/mol. The molecule has 14 nitrogen and oxygen atoms in total. The third-order valence-corrected chi connectivity index (χ3v) is 7.23. The van der Waals surface area contributed by atoms with Crippen molar-refractivity contribution in [2.45, 2.75) is 64.5 Å². The third-order valence-electron chi connectivity index (χ3n) is 4.76. The fourth-order valence-corrected chi connectivity index (χ4v) is 5.25. The third kappa shape index (κ3) is 8.82. The minimum absolute atomic E-state index is 0.0545. The maximum Gasteiger partial charge on any atom is 0.355 e. The molecule has 198 valence electrons. The molecule has 2 fully saturated rings. The lowest BCUT2D eigenvalue weighted by atomic mass is 10.2. The van der Waals surface area contributed by atoms with Crippen LogP contribution in [0.15, 0.2) is 0 Å². The fraction of sp³-hybridized carbons (Fsp3) is 0.600. The molecule has 2 unspecified atom stereocenters. The smallest absolute Gasteiger partial charge is 0.343 e. The number of carbonyl (C=O) groups excluding carboxylic acids is 8. The van der Waals surface area contributed by atoms with Gasteiger partial charge in [0, 0.05) is 51.0 Å². The summed E-state index contributed by atoms with van der Waals surface area (Å²) in [6.07, 6.45) is 0.0373. The Balaban J connectivity index is 1.79. The maximum absolute atomic E-state index is 12.4. The van der Waals surface area contributed by atoms with Crippen LogP contribution in [0.2, 0.25) is 0 Å². The van der Waals surface area contributed by atoms with E-state index in [0.717, 1.165) is 0 Å². The van der Waals surface area contributed by atoms with Crippen molar-refractivity contribution in [2.75, 3.05) is 11.5 Å². The topological polar surface area (TPSA) is 186 Å². The molecule has 2 N–H and O–H groups in total. The van der Waals surface area contributed by atoms with Gasteiger partial charge in [0.05, 0.1) is 0 Å². The van der Waals surface area contributed by atoms with E-state index in [1.54, 1.807) is 0 Å². The Morgan fingerprint density at radius 2 is 1.00 bits per heavy atom. The quantitative estimate of drug-likeness (QED) is 0.170. The minimum atomic E-state index is -1.09. The summed E-state index contributed by atoms with van der Waals surface area (Å²) in [5.74, 6) is -4.73. The van der Waals surface area contributed by atoms with Gasteiger partial charge in [-0.3, -0.25) is 28.8 Å². The summed E-state index contributed by atoms with van der Waals surface area (Å²) < 4.78 is 0. The molecule has 0 radical (unpaired) electrons. The molecule has 0 spiro atoms. The normalized spacial score (nSPS) is 17.2. The number of hydroxylamine groups is 4. The Bertz CT molecular complexity index is 837. The number of hydrogen-bond acceptors (Lipinski definition) is 12. The van der Waals surface area contributed by atoms with E-state index in [2.05, 4.69) is 10.6 Å². The van der Waals surface area contributed by atoms with Gasteiger partial charge >= 0.3 is 11.9 Å². The van der Waals surface area contributed by atoms with Gasteiger partial charge in [-0.1, -0.05) is 21.6 Å². The number of hydrogen-bond donors (Lipinski definition) is 2. The lowest BCUT2D eigenvalue weighted by molar-refractivity contribution is -0.199. The highest BCUT2D eigenvalue weighted by Crippen LogP contribution is 2.25. The summed E-state index contributed by atoms with van der Waals surface area (Å²) in [5.41, 5.74) is 0. The summed E-state index contributed by atoms with van der Waals surface area (Å²) in [7, 11) is 2.61. The molecule has 0 aromatic carbocycles. The standard InChI is InChI=1S/C20H26N4O10S2/c1-11(25)21-13(19(31)33-23-15(27)3-4-16(23)28)7-9-35-36-10-8-14(22-12(2)26)20(32)34-24-17(29)5-6-18(24)30/h13-14H,3-10H2,1-2H3,(H,21,25)(H,22,26). The van der Waals surface area contributed by atoms with Crippen molar-refractivity contribution in [1.82, 2.24) is 20.8 Å². The van der Waals surface area contributed by atoms with E-state index in [-0.39, 0.29) is 38.5 Å². The van der Waals surface area contributed by atoms with Crippen molar-refractivity contribution in [3.05, 3.63) is 0 Å². The van der Waals surface area contributed by atoms with E-state index >= 15 is 0 Å². The highest BCUT2D eigenvalue weighted by atomic mass is 33.1. The van der Waals surface area contributed by atoms with E-state index in [1.165, 1.54) is 35.4 Å². The van der Waals surface area contributed by atoms with Gasteiger partial charge in [0.2, 0.25) is 11.8 Å². The summed E-state index contributed by atoms with van der Waals surface area (Å²) in [5, 5.41) is 5.65. The molecule has 0 bridgehead atoms. The predicted molar refractivity (Wildman–Crippen MR) is 124 cm³/mol. The largest absolute Gasteiger partial charge is 0.355 e. The molecule has 6 amide bonds. The van der Waals surface area contributed by atoms with Gasteiger partial charge < -0.3 is 20.3 Å². The van der Waals surface area contributed by atoms with Crippen LogP contribution in [-0.2, 0) is 48.0 Å². The highest BCUT2D eigenvalue weighted by Gasteiger charge is 2.36. The summed E-state index contributed by atoms with van der Waals surface area (Å²) >= 11 is 0. The average Bonchev–Trinajstić information content (AvgIpc) is 3.29.